The van der Waals surface area contributed by atoms with E-state index >= 15 is 0 Å². The van der Waals surface area contributed by atoms with Gasteiger partial charge in [-0.3, -0.25) is 0 Å². The molecule has 2 N–H and O–H groups in total. The van der Waals surface area contributed by atoms with Crippen LogP contribution in [0.5, 0.6) is 0 Å². The summed E-state index contributed by atoms with van der Waals surface area (Å²) in [6, 6.07) is 5.42. The molecule has 1 aliphatic rings. The molecule has 0 saturated carbocycles. The van der Waals surface area contributed by atoms with E-state index in [1.54, 1.807) is 10.4 Å². The number of hydrogen-bond acceptors (Lipinski definition) is 3. The molecule has 1 aromatic carbocycles. The van der Waals surface area contributed by atoms with E-state index in [1.807, 2.05) is 32.9 Å². The first kappa shape index (κ1) is 15.5. The Balaban J connectivity index is 2.47. The van der Waals surface area contributed by atoms with Crippen LogP contribution in [0, 0.1) is 13.8 Å². The van der Waals surface area contributed by atoms with E-state index in [0.29, 0.717) is 11.4 Å². The fourth-order valence-electron chi connectivity index (χ4n) is 3.12. The van der Waals surface area contributed by atoms with Crippen molar-refractivity contribution in [1.82, 2.24) is 4.31 Å². The third-order valence-electron chi connectivity index (χ3n) is 4.11. The monoisotopic (exact) mass is 296 g/mol. The number of rotatable bonds is 3. The minimum atomic E-state index is -3.47. The second-order valence-electron chi connectivity index (χ2n) is 5.77. The smallest absolute Gasteiger partial charge is 0.243 e. The Morgan fingerprint density at radius 1 is 1.30 bits per heavy atom. The lowest BCUT2D eigenvalue weighted by Crippen LogP contribution is -2.51. The maximum atomic E-state index is 13.0. The van der Waals surface area contributed by atoms with Gasteiger partial charge >= 0.3 is 0 Å². The van der Waals surface area contributed by atoms with E-state index in [9.17, 15) is 8.42 Å². The summed E-state index contributed by atoms with van der Waals surface area (Å²) in [6.07, 6.45) is 2.80. The number of benzene rings is 1. The van der Waals surface area contributed by atoms with Crippen LogP contribution in [0.3, 0.4) is 0 Å². The van der Waals surface area contributed by atoms with Crippen LogP contribution < -0.4 is 5.73 Å². The fourth-order valence-corrected chi connectivity index (χ4v) is 5.22. The minimum absolute atomic E-state index is 0.0167. The summed E-state index contributed by atoms with van der Waals surface area (Å²) in [5.74, 6) is 0. The average molecular weight is 296 g/mol. The molecule has 1 fully saturated rings. The molecule has 0 bridgehead atoms. The molecule has 1 aromatic rings. The van der Waals surface area contributed by atoms with Crippen molar-refractivity contribution in [3.05, 3.63) is 29.3 Å². The predicted octanol–water partition coefficient (Wildman–Crippen LogP) is 2.19. The normalized spacial score (nSPS) is 24.8. The molecule has 20 heavy (non-hydrogen) atoms. The number of hydrogen-bond donors (Lipinski definition) is 1. The number of aryl methyl sites for hydroxylation is 2. The van der Waals surface area contributed by atoms with Gasteiger partial charge in [-0.15, -0.1) is 0 Å². The van der Waals surface area contributed by atoms with Gasteiger partial charge in [0.25, 0.3) is 0 Å². The lowest BCUT2D eigenvalue weighted by molar-refractivity contribution is 0.196. The van der Waals surface area contributed by atoms with Crippen molar-refractivity contribution in [2.24, 2.45) is 5.73 Å². The number of piperidine rings is 1. The molecular formula is C15H24N2O2S. The van der Waals surface area contributed by atoms with Crippen molar-refractivity contribution < 1.29 is 8.42 Å². The molecule has 2 unspecified atom stereocenters. The molecule has 2 rings (SSSR count). The highest BCUT2D eigenvalue weighted by molar-refractivity contribution is 7.89. The summed E-state index contributed by atoms with van der Waals surface area (Å²) in [4.78, 5) is 0.412. The highest BCUT2D eigenvalue weighted by Crippen LogP contribution is 2.30. The van der Waals surface area contributed by atoms with Gasteiger partial charge in [0.1, 0.15) is 0 Å². The topological polar surface area (TPSA) is 63.4 Å². The Morgan fingerprint density at radius 2 is 2.00 bits per heavy atom. The van der Waals surface area contributed by atoms with Gasteiger partial charge in [0.15, 0.2) is 0 Å². The van der Waals surface area contributed by atoms with Crippen molar-refractivity contribution in [1.29, 1.82) is 0 Å². The molecule has 0 aromatic heterocycles. The summed E-state index contributed by atoms with van der Waals surface area (Å²) >= 11 is 0. The molecule has 1 saturated heterocycles. The van der Waals surface area contributed by atoms with Gasteiger partial charge in [0, 0.05) is 18.6 Å². The van der Waals surface area contributed by atoms with Crippen molar-refractivity contribution in [3.63, 3.8) is 0 Å². The fraction of sp³-hybridized carbons (Fsp3) is 0.600. The highest BCUT2D eigenvalue weighted by atomic mass is 32.2. The second kappa shape index (κ2) is 5.84. The number of nitrogens with zero attached hydrogens (tertiary/aromatic N) is 1. The van der Waals surface area contributed by atoms with E-state index in [-0.39, 0.29) is 12.1 Å². The quantitative estimate of drug-likeness (QED) is 0.930. The first-order chi connectivity index (χ1) is 9.37. The predicted molar refractivity (Wildman–Crippen MR) is 81.1 cm³/mol. The Labute approximate surface area is 122 Å². The van der Waals surface area contributed by atoms with Crippen LogP contribution in [0.25, 0.3) is 0 Å². The van der Waals surface area contributed by atoms with Gasteiger partial charge in [0.05, 0.1) is 4.90 Å². The van der Waals surface area contributed by atoms with E-state index in [1.165, 1.54) is 0 Å². The molecule has 5 heteroatoms. The molecule has 112 valence electrons. The van der Waals surface area contributed by atoms with Crippen LogP contribution in [0.4, 0.5) is 0 Å². The minimum Gasteiger partial charge on any atom is -0.329 e. The van der Waals surface area contributed by atoms with Crippen molar-refractivity contribution in [2.75, 3.05) is 6.54 Å². The number of nitrogens with two attached hydrogens (primary N) is 1. The van der Waals surface area contributed by atoms with Crippen LogP contribution in [-0.4, -0.2) is 31.4 Å². The highest BCUT2D eigenvalue weighted by Gasteiger charge is 2.37. The zero-order valence-electron chi connectivity index (χ0n) is 12.5. The van der Waals surface area contributed by atoms with Crippen molar-refractivity contribution >= 4 is 10.0 Å². The third-order valence-corrected chi connectivity index (χ3v) is 6.34. The number of sulfonamides is 1. The lowest BCUT2D eigenvalue weighted by atomic mass is 10.00. The molecule has 1 aliphatic heterocycles. The van der Waals surface area contributed by atoms with Gasteiger partial charge in [-0.05, 0) is 45.2 Å². The first-order valence-corrected chi connectivity index (χ1v) is 8.62. The molecule has 0 amide bonds. The third kappa shape index (κ3) is 2.75. The Morgan fingerprint density at radius 3 is 2.60 bits per heavy atom. The van der Waals surface area contributed by atoms with Gasteiger partial charge in [-0.25, -0.2) is 8.42 Å². The molecule has 0 radical (unpaired) electrons. The zero-order chi connectivity index (χ0) is 14.9. The molecule has 4 nitrogen and oxygen atoms in total. The van der Waals surface area contributed by atoms with E-state index < -0.39 is 10.0 Å². The summed E-state index contributed by atoms with van der Waals surface area (Å²) in [5.41, 5.74) is 7.66. The summed E-state index contributed by atoms with van der Waals surface area (Å²) in [6.45, 7) is 6.18. The first-order valence-electron chi connectivity index (χ1n) is 7.18. The zero-order valence-corrected chi connectivity index (χ0v) is 13.3. The van der Waals surface area contributed by atoms with Gasteiger partial charge in [-0.1, -0.05) is 24.1 Å². The van der Waals surface area contributed by atoms with Crippen molar-refractivity contribution in [2.45, 2.75) is 57.0 Å². The molecular weight excluding hydrogens is 272 g/mol. The van der Waals surface area contributed by atoms with Crippen LogP contribution in [-0.2, 0) is 10.0 Å². The maximum Gasteiger partial charge on any atom is 0.243 e. The van der Waals surface area contributed by atoms with E-state index in [4.69, 9.17) is 5.73 Å². The van der Waals surface area contributed by atoms with Gasteiger partial charge < -0.3 is 5.73 Å². The molecule has 0 spiro atoms. The molecule has 0 aliphatic carbocycles. The summed E-state index contributed by atoms with van der Waals surface area (Å²) < 4.78 is 27.6. The Hall–Kier alpha value is -0.910. The SMILES string of the molecule is Cc1ccc(S(=O)(=O)N2C(C)CCCC2CN)c(C)c1. The van der Waals surface area contributed by atoms with Crippen LogP contribution in [0.1, 0.15) is 37.3 Å². The standard InChI is InChI=1S/C15H24N2O2S/c1-11-7-8-15(12(2)9-11)20(18,19)17-13(3)5-4-6-14(17)10-16/h7-9,13-14H,4-6,10,16H2,1-3H3. The maximum absolute atomic E-state index is 13.0. The van der Waals surface area contributed by atoms with Crippen LogP contribution >= 0.6 is 0 Å². The lowest BCUT2D eigenvalue weighted by Gasteiger charge is -2.39. The van der Waals surface area contributed by atoms with Crippen LogP contribution in [0.15, 0.2) is 23.1 Å². The van der Waals surface area contributed by atoms with E-state index in [0.717, 1.165) is 30.4 Å². The van der Waals surface area contributed by atoms with E-state index in [2.05, 4.69) is 0 Å². The summed E-state index contributed by atoms with van der Waals surface area (Å²) in [7, 11) is -3.47. The van der Waals surface area contributed by atoms with Crippen molar-refractivity contribution in [3.8, 4) is 0 Å². The van der Waals surface area contributed by atoms with Gasteiger partial charge in [0.2, 0.25) is 10.0 Å². The largest absolute Gasteiger partial charge is 0.329 e. The average Bonchev–Trinajstić information content (AvgIpc) is 2.37. The van der Waals surface area contributed by atoms with Gasteiger partial charge in [-0.2, -0.15) is 4.31 Å². The molecule has 1 heterocycles. The molecule has 2 atom stereocenters. The van der Waals surface area contributed by atoms with Crippen LogP contribution in [0.2, 0.25) is 0 Å². The summed E-state index contributed by atoms with van der Waals surface area (Å²) in [5, 5.41) is 0. The second-order valence-corrected chi connectivity index (χ2v) is 7.58. The Kier molecular flexibility index (Phi) is 4.52. The Bertz CT molecular complexity index is 584.